The SMILES string of the molecule is CC1(NS(=O)(=O)c2ccc(Cl)c(CN)c2Cl)CCOC1. The molecule has 0 amide bonds. The highest BCUT2D eigenvalue weighted by atomic mass is 35.5. The normalized spacial score (nSPS) is 23.2. The van der Waals surface area contributed by atoms with Gasteiger partial charge in [-0.3, -0.25) is 0 Å². The average molecular weight is 339 g/mol. The Balaban J connectivity index is 2.40. The van der Waals surface area contributed by atoms with Gasteiger partial charge in [0, 0.05) is 23.7 Å². The van der Waals surface area contributed by atoms with Crippen molar-refractivity contribution >= 4 is 33.2 Å². The minimum Gasteiger partial charge on any atom is -0.379 e. The van der Waals surface area contributed by atoms with Crippen LogP contribution in [0, 0.1) is 0 Å². The molecule has 1 fully saturated rings. The predicted octanol–water partition coefficient (Wildman–Crippen LogP) is 1.91. The summed E-state index contributed by atoms with van der Waals surface area (Å²) in [4.78, 5) is -0.0165. The van der Waals surface area contributed by atoms with Gasteiger partial charge in [0.2, 0.25) is 10.0 Å². The summed E-state index contributed by atoms with van der Waals surface area (Å²) in [5, 5.41) is 0.418. The largest absolute Gasteiger partial charge is 0.379 e. The molecule has 0 saturated carbocycles. The van der Waals surface area contributed by atoms with Crippen LogP contribution < -0.4 is 10.5 Å². The number of rotatable bonds is 4. The summed E-state index contributed by atoms with van der Waals surface area (Å²) >= 11 is 12.1. The van der Waals surface area contributed by atoms with Crippen LogP contribution in [0.2, 0.25) is 10.0 Å². The molecule has 3 N–H and O–H groups in total. The molecule has 1 unspecified atom stereocenters. The van der Waals surface area contributed by atoms with Crippen molar-refractivity contribution in [3.05, 3.63) is 27.7 Å². The second-order valence-electron chi connectivity index (χ2n) is 5.01. The van der Waals surface area contributed by atoms with Gasteiger partial charge < -0.3 is 10.5 Å². The number of nitrogens with two attached hydrogens (primary N) is 1. The highest BCUT2D eigenvalue weighted by Gasteiger charge is 2.35. The Morgan fingerprint density at radius 1 is 1.45 bits per heavy atom. The van der Waals surface area contributed by atoms with E-state index in [1.54, 1.807) is 6.92 Å². The molecule has 1 aliphatic heterocycles. The highest BCUT2D eigenvalue weighted by molar-refractivity contribution is 7.89. The van der Waals surface area contributed by atoms with Crippen molar-refractivity contribution in [2.24, 2.45) is 5.73 Å². The Bertz CT molecular complexity index is 613. The van der Waals surface area contributed by atoms with Gasteiger partial charge >= 0.3 is 0 Å². The average Bonchev–Trinajstić information content (AvgIpc) is 2.74. The van der Waals surface area contributed by atoms with E-state index in [1.165, 1.54) is 12.1 Å². The number of halogens is 2. The molecule has 0 aliphatic carbocycles. The van der Waals surface area contributed by atoms with E-state index < -0.39 is 15.6 Å². The van der Waals surface area contributed by atoms with Gasteiger partial charge in [-0.25, -0.2) is 13.1 Å². The van der Waals surface area contributed by atoms with Crippen LogP contribution in [0.4, 0.5) is 0 Å². The third kappa shape index (κ3) is 3.10. The maximum Gasteiger partial charge on any atom is 0.242 e. The molecule has 0 spiro atoms. The van der Waals surface area contributed by atoms with Crippen molar-refractivity contribution < 1.29 is 13.2 Å². The maximum atomic E-state index is 12.5. The summed E-state index contributed by atoms with van der Waals surface area (Å²) < 4.78 is 32.8. The maximum absolute atomic E-state index is 12.5. The summed E-state index contributed by atoms with van der Waals surface area (Å²) in [6.07, 6.45) is 0.612. The Hall–Kier alpha value is -0.370. The Morgan fingerprint density at radius 3 is 2.70 bits per heavy atom. The van der Waals surface area contributed by atoms with Gasteiger partial charge in [-0.15, -0.1) is 0 Å². The first kappa shape index (κ1) is 16.0. The Kier molecular flexibility index (Phi) is 4.63. The molecular formula is C12H16Cl2N2O3S. The molecule has 20 heavy (non-hydrogen) atoms. The lowest BCUT2D eigenvalue weighted by Crippen LogP contribution is -2.46. The number of ether oxygens (including phenoxy) is 1. The van der Waals surface area contributed by atoms with E-state index in [4.69, 9.17) is 33.7 Å². The first-order valence-electron chi connectivity index (χ1n) is 6.08. The van der Waals surface area contributed by atoms with E-state index in [1.807, 2.05) is 0 Å². The van der Waals surface area contributed by atoms with Crippen molar-refractivity contribution in [3.63, 3.8) is 0 Å². The van der Waals surface area contributed by atoms with Gasteiger partial charge in [-0.1, -0.05) is 23.2 Å². The fourth-order valence-corrected chi connectivity index (χ4v) is 4.45. The minimum atomic E-state index is -3.76. The van der Waals surface area contributed by atoms with Crippen LogP contribution in [0.25, 0.3) is 0 Å². The van der Waals surface area contributed by atoms with Crippen LogP contribution in [0.3, 0.4) is 0 Å². The van der Waals surface area contributed by atoms with E-state index in [2.05, 4.69) is 4.72 Å². The summed E-state index contributed by atoms with van der Waals surface area (Å²) in [5.41, 5.74) is 5.35. The van der Waals surface area contributed by atoms with Crippen LogP contribution in [0.15, 0.2) is 17.0 Å². The second-order valence-corrected chi connectivity index (χ2v) is 7.45. The molecule has 0 radical (unpaired) electrons. The first-order chi connectivity index (χ1) is 9.29. The Labute approximate surface area is 128 Å². The van der Waals surface area contributed by atoms with E-state index in [0.717, 1.165) is 0 Å². The van der Waals surface area contributed by atoms with Crippen LogP contribution in [0.1, 0.15) is 18.9 Å². The van der Waals surface area contributed by atoms with E-state index in [0.29, 0.717) is 30.2 Å². The summed E-state index contributed by atoms with van der Waals surface area (Å²) in [6, 6.07) is 2.86. The number of hydrogen-bond acceptors (Lipinski definition) is 4. The van der Waals surface area contributed by atoms with Crippen molar-refractivity contribution in [2.75, 3.05) is 13.2 Å². The molecule has 0 bridgehead atoms. The molecule has 1 aromatic rings. The molecule has 5 nitrogen and oxygen atoms in total. The third-order valence-corrected chi connectivity index (χ3v) is 5.82. The molecule has 112 valence electrons. The summed E-state index contributed by atoms with van der Waals surface area (Å²) in [5.74, 6) is 0. The van der Waals surface area contributed by atoms with Gasteiger partial charge in [0.1, 0.15) is 4.90 Å². The number of sulfonamides is 1. The summed E-state index contributed by atoms with van der Waals surface area (Å²) in [7, 11) is -3.76. The molecule has 1 saturated heterocycles. The monoisotopic (exact) mass is 338 g/mol. The zero-order valence-electron chi connectivity index (χ0n) is 10.9. The van der Waals surface area contributed by atoms with Gasteiger partial charge in [-0.05, 0) is 25.5 Å². The van der Waals surface area contributed by atoms with Crippen molar-refractivity contribution in [3.8, 4) is 0 Å². The lowest BCUT2D eigenvalue weighted by atomic mass is 10.0. The van der Waals surface area contributed by atoms with E-state index in [9.17, 15) is 8.42 Å². The lowest BCUT2D eigenvalue weighted by molar-refractivity contribution is 0.178. The second kappa shape index (κ2) is 5.79. The van der Waals surface area contributed by atoms with Gasteiger partial charge in [0.15, 0.2) is 0 Å². The number of hydrogen-bond donors (Lipinski definition) is 2. The van der Waals surface area contributed by atoms with Gasteiger partial charge in [0.25, 0.3) is 0 Å². The first-order valence-corrected chi connectivity index (χ1v) is 8.32. The predicted molar refractivity (Wildman–Crippen MR) is 78.5 cm³/mol. The molecule has 1 aromatic carbocycles. The zero-order valence-corrected chi connectivity index (χ0v) is 13.3. The molecule has 1 atom stereocenters. The minimum absolute atomic E-state index is 0.0165. The molecule has 2 rings (SSSR count). The van der Waals surface area contributed by atoms with Crippen molar-refractivity contribution in [1.82, 2.24) is 4.72 Å². The highest BCUT2D eigenvalue weighted by Crippen LogP contribution is 2.32. The van der Waals surface area contributed by atoms with Crippen LogP contribution in [-0.2, 0) is 21.3 Å². The number of benzene rings is 1. The van der Waals surface area contributed by atoms with E-state index in [-0.39, 0.29) is 16.5 Å². The van der Waals surface area contributed by atoms with Crippen molar-refractivity contribution in [2.45, 2.75) is 30.3 Å². The standard InChI is InChI=1S/C12H16Cl2N2O3S/c1-12(4-5-19-7-12)16-20(17,18)10-3-2-9(13)8(6-15)11(10)14/h2-3,16H,4-7,15H2,1H3. The lowest BCUT2D eigenvalue weighted by Gasteiger charge is -2.24. The smallest absolute Gasteiger partial charge is 0.242 e. The molecule has 1 aliphatic rings. The zero-order chi connectivity index (χ0) is 15.0. The van der Waals surface area contributed by atoms with Gasteiger partial charge in [0.05, 0.1) is 17.2 Å². The topological polar surface area (TPSA) is 81.4 Å². The van der Waals surface area contributed by atoms with Gasteiger partial charge in [-0.2, -0.15) is 0 Å². The van der Waals surface area contributed by atoms with Crippen LogP contribution in [-0.4, -0.2) is 27.2 Å². The van der Waals surface area contributed by atoms with Crippen LogP contribution in [0.5, 0.6) is 0 Å². The van der Waals surface area contributed by atoms with Crippen molar-refractivity contribution in [1.29, 1.82) is 0 Å². The number of nitrogens with one attached hydrogen (secondary N) is 1. The Morgan fingerprint density at radius 2 is 2.15 bits per heavy atom. The van der Waals surface area contributed by atoms with Crippen LogP contribution >= 0.6 is 23.2 Å². The third-order valence-electron chi connectivity index (χ3n) is 3.24. The molecule has 0 aromatic heterocycles. The molecular weight excluding hydrogens is 323 g/mol. The quantitative estimate of drug-likeness (QED) is 0.878. The fourth-order valence-electron chi connectivity index (χ4n) is 2.10. The molecule has 1 heterocycles. The summed E-state index contributed by atoms with van der Waals surface area (Å²) in [6.45, 7) is 2.73. The van der Waals surface area contributed by atoms with E-state index >= 15 is 0 Å². The fraction of sp³-hybridized carbons (Fsp3) is 0.500. The molecule has 8 heteroatoms.